The second kappa shape index (κ2) is 12.9. The Kier molecular flexibility index (Phi) is 11.0. The lowest BCUT2D eigenvalue weighted by atomic mass is 10.0. The van der Waals surface area contributed by atoms with Crippen molar-refractivity contribution in [2.45, 2.75) is 25.8 Å². The molecule has 160 valence electrons. The molecular formula is C24H29Cl2N3O. The molecule has 0 spiro atoms. The van der Waals surface area contributed by atoms with E-state index >= 15 is 0 Å². The summed E-state index contributed by atoms with van der Waals surface area (Å²) in [5.74, 6) is 0.835. The number of hydrogen-bond acceptors (Lipinski definition) is 3. The van der Waals surface area contributed by atoms with Crippen molar-refractivity contribution in [3.8, 4) is 5.75 Å². The summed E-state index contributed by atoms with van der Waals surface area (Å²) in [4.78, 5) is 4.47. The molecule has 4 nitrogen and oxygen atoms in total. The highest BCUT2D eigenvalue weighted by Crippen LogP contribution is 2.12. The number of aliphatic imine (C=N–C) groups is 1. The van der Waals surface area contributed by atoms with E-state index in [1.165, 1.54) is 11.1 Å². The number of aromatic hydroxyl groups is 1. The number of phenols is 1. The van der Waals surface area contributed by atoms with Crippen LogP contribution in [0.15, 0.2) is 77.8 Å². The highest BCUT2D eigenvalue weighted by Gasteiger charge is 2.01. The lowest BCUT2D eigenvalue weighted by Crippen LogP contribution is -2.14. The van der Waals surface area contributed by atoms with Crippen LogP contribution in [0.5, 0.6) is 5.75 Å². The van der Waals surface area contributed by atoms with Gasteiger partial charge in [0.05, 0.1) is 0 Å². The number of benzene rings is 3. The lowest BCUT2D eigenvalue weighted by molar-refractivity contribution is 0.475. The fourth-order valence-corrected chi connectivity index (χ4v) is 3.03. The van der Waals surface area contributed by atoms with Crippen molar-refractivity contribution in [2.24, 2.45) is 16.5 Å². The molecule has 0 unspecified atom stereocenters. The zero-order chi connectivity index (χ0) is 19.8. The molecule has 5 N–H and O–H groups in total. The van der Waals surface area contributed by atoms with Crippen LogP contribution in [0.25, 0.3) is 0 Å². The van der Waals surface area contributed by atoms with E-state index in [9.17, 15) is 5.11 Å². The van der Waals surface area contributed by atoms with Gasteiger partial charge in [0.1, 0.15) is 11.6 Å². The Bertz CT molecular complexity index is 909. The van der Waals surface area contributed by atoms with Crippen LogP contribution in [0.4, 0.5) is 0 Å². The topological polar surface area (TPSA) is 84.6 Å². The van der Waals surface area contributed by atoms with E-state index in [0.717, 1.165) is 36.0 Å². The van der Waals surface area contributed by atoms with Crippen LogP contribution in [-0.2, 0) is 25.8 Å². The maximum atomic E-state index is 9.31. The van der Waals surface area contributed by atoms with Crippen molar-refractivity contribution in [3.05, 3.63) is 101 Å². The molecule has 0 aliphatic rings. The van der Waals surface area contributed by atoms with Crippen molar-refractivity contribution in [1.29, 1.82) is 0 Å². The SMILES string of the molecule is Cl.Cl.NCc1ccc(CCc2ccc(C(N)=NCCc3ccc(O)cc3)cc2)cc1. The second-order valence-corrected chi connectivity index (χ2v) is 6.90. The van der Waals surface area contributed by atoms with Crippen LogP contribution in [0.1, 0.15) is 27.8 Å². The molecule has 30 heavy (non-hydrogen) atoms. The van der Waals surface area contributed by atoms with Gasteiger partial charge in [0, 0.05) is 18.7 Å². The number of nitrogens with two attached hydrogens (primary N) is 2. The first-order valence-electron chi connectivity index (χ1n) is 9.59. The van der Waals surface area contributed by atoms with Crippen molar-refractivity contribution < 1.29 is 5.11 Å². The Morgan fingerprint density at radius 2 is 1.10 bits per heavy atom. The Morgan fingerprint density at radius 3 is 1.63 bits per heavy atom. The van der Waals surface area contributed by atoms with Gasteiger partial charge in [0.25, 0.3) is 0 Å². The van der Waals surface area contributed by atoms with Gasteiger partial charge in [0.15, 0.2) is 0 Å². The number of amidine groups is 1. The zero-order valence-corrected chi connectivity index (χ0v) is 18.5. The number of hydrogen-bond donors (Lipinski definition) is 3. The summed E-state index contributed by atoms with van der Waals surface area (Å²) in [7, 11) is 0. The zero-order valence-electron chi connectivity index (χ0n) is 16.8. The smallest absolute Gasteiger partial charge is 0.125 e. The quantitative estimate of drug-likeness (QED) is 0.354. The minimum Gasteiger partial charge on any atom is -0.508 e. The largest absolute Gasteiger partial charge is 0.508 e. The molecule has 0 saturated heterocycles. The molecule has 0 aliphatic heterocycles. The average Bonchev–Trinajstić information content (AvgIpc) is 2.74. The third-order valence-electron chi connectivity index (χ3n) is 4.83. The van der Waals surface area contributed by atoms with Gasteiger partial charge in [-0.15, -0.1) is 24.8 Å². The molecule has 3 aromatic rings. The third kappa shape index (κ3) is 7.71. The molecule has 3 aromatic carbocycles. The molecule has 0 saturated carbocycles. The minimum atomic E-state index is 0. The number of aryl methyl sites for hydroxylation is 2. The van der Waals surface area contributed by atoms with Crippen molar-refractivity contribution in [1.82, 2.24) is 0 Å². The molecule has 0 amide bonds. The maximum Gasteiger partial charge on any atom is 0.125 e. The summed E-state index contributed by atoms with van der Waals surface area (Å²) in [5.41, 5.74) is 17.6. The second-order valence-electron chi connectivity index (χ2n) is 6.90. The normalized spacial score (nSPS) is 10.8. The summed E-state index contributed by atoms with van der Waals surface area (Å²) in [6, 6.07) is 24.0. The van der Waals surface area contributed by atoms with E-state index in [4.69, 9.17) is 11.5 Å². The number of halogens is 2. The Balaban J connectivity index is 0.00000225. The molecule has 0 aromatic heterocycles. The Hall–Kier alpha value is -2.53. The van der Waals surface area contributed by atoms with Gasteiger partial charge in [-0.2, -0.15) is 0 Å². The Labute approximate surface area is 190 Å². The van der Waals surface area contributed by atoms with Gasteiger partial charge >= 0.3 is 0 Å². The van der Waals surface area contributed by atoms with Crippen LogP contribution < -0.4 is 11.5 Å². The highest BCUT2D eigenvalue weighted by molar-refractivity contribution is 5.97. The number of phenolic OH excluding ortho intramolecular Hbond substituents is 1. The van der Waals surface area contributed by atoms with Gasteiger partial charge in [-0.05, 0) is 53.6 Å². The van der Waals surface area contributed by atoms with Crippen molar-refractivity contribution >= 4 is 30.6 Å². The predicted molar refractivity (Wildman–Crippen MR) is 130 cm³/mol. The number of rotatable bonds is 8. The first kappa shape index (κ1) is 25.5. The predicted octanol–water partition coefficient (Wildman–Crippen LogP) is 4.43. The third-order valence-corrected chi connectivity index (χ3v) is 4.83. The number of nitrogens with zero attached hydrogens (tertiary/aromatic N) is 1. The molecule has 6 heteroatoms. The molecular weight excluding hydrogens is 417 g/mol. The fourth-order valence-electron chi connectivity index (χ4n) is 3.03. The van der Waals surface area contributed by atoms with E-state index in [2.05, 4.69) is 41.4 Å². The van der Waals surface area contributed by atoms with Gasteiger partial charge in [-0.3, -0.25) is 4.99 Å². The molecule has 0 aliphatic carbocycles. The van der Waals surface area contributed by atoms with Crippen molar-refractivity contribution in [3.63, 3.8) is 0 Å². The van der Waals surface area contributed by atoms with Crippen molar-refractivity contribution in [2.75, 3.05) is 6.54 Å². The van der Waals surface area contributed by atoms with Crippen LogP contribution in [-0.4, -0.2) is 17.5 Å². The van der Waals surface area contributed by atoms with E-state index < -0.39 is 0 Å². The van der Waals surface area contributed by atoms with E-state index in [0.29, 0.717) is 18.9 Å². The molecule has 0 heterocycles. The van der Waals surface area contributed by atoms with Crippen LogP contribution in [0, 0.1) is 0 Å². The monoisotopic (exact) mass is 445 g/mol. The Morgan fingerprint density at radius 1 is 0.667 bits per heavy atom. The van der Waals surface area contributed by atoms with Gasteiger partial charge < -0.3 is 16.6 Å². The van der Waals surface area contributed by atoms with E-state index in [1.807, 2.05) is 24.3 Å². The van der Waals surface area contributed by atoms with Gasteiger partial charge in [-0.1, -0.05) is 60.7 Å². The van der Waals surface area contributed by atoms with Crippen LogP contribution in [0.3, 0.4) is 0 Å². The van der Waals surface area contributed by atoms with Gasteiger partial charge in [-0.25, -0.2) is 0 Å². The summed E-state index contributed by atoms with van der Waals surface area (Å²) >= 11 is 0. The lowest BCUT2D eigenvalue weighted by Gasteiger charge is -2.06. The molecule has 3 rings (SSSR count). The molecule has 0 radical (unpaired) electrons. The highest BCUT2D eigenvalue weighted by atomic mass is 35.5. The standard InChI is InChI=1S/C24H27N3O.2ClH/c25-17-21-5-3-18(4-6-21)1-2-19-7-11-22(12-8-19)24(26)27-16-15-20-9-13-23(28)14-10-20;;/h3-14,28H,1-2,15-17,25H2,(H2,26,27);2*1H. The molecule has 0 atom stereocenters. The maximum absolute atomic E-state index is 9.31. The van der Waals surface area contributed by atoms with Crippen LogP contribution >= 0.6 is 24.8 Å². The summed E-state index contributed by atoms with van der Waals surface area (Å²) in [6.45, 7) is 1.21. The minimum absolute atomic E-state index is 0. The first-order valence-corrected chi connectivity index (χ1v) is 9.59. The van der Waals surface area contributed by atoms with E-state index in [1.54, 1.807) is 12.1 Å². The van der Waals surface area contributed by atoms with Gasteiger partial charge in [0.2, 0.25) is 0 Å². The van der Waals surface area contributed by atoms with E-state index in [-0.39, 0.29) is 30.6 Å². The summed E-state index contributed by atoms with van der Waals surface area (Å²) < 4.78 is 0. The summed E-state index contributed by atoms with van der Waals surface area (Å²) in [6.07, 6.45) is 2.78. The average molecular weight is 446 g/mol. The fraction of sp³-hybridized carbons (Fsp3) is 0.208. The summed E-state index contributed by atoms with van der Waals surface area (Å²) in [5, 5.41) is 9.31. The molecule has 0 bridgehead atoms. The first-order chi connectivity index (χ1) is 13.6. The molecule has 0 fully saturated rings. The van der Waals surface area contributed by atoms with Crippen LogP contribution in [0.2, 0.25) is 0 Å².